The van der Waals surface area contributed by atoms with Gasteiger partial charge in [-0.1, -0.05) is 6.07 Å². The molecule has 0 bridgehead atoms. The number of benzene rings is 1. The first-order valence-electron chi connectivity index (χ1n) is 6.14. The Kier molecular flexibility index (Phi) is 4.19. The summed E-state index contributed by atoms with van der Waals surface area (Å²) in [6.07, 6.45) is 0. The van der Waals surface area contributed by atoms with Gasteiger partial charge in [0.05, 0.1) is 7.11 Å². The molecule has 0 aliphatic carbocycles. The molecule has 1 aromatic carbocycles. The highest BCUT2D eigenvalue weighted by atomic mass is 16.5. The fraction of sp³-hybridized carbons (Fsp3) is 0.308. The van der Waals surface area contributed by atoms with Crippen LogP contribution in [0.15, 0.2) is 24.3 Å². The molecule has 0 spiro atoms. The molecule has 0 amide bonds. The predicted octanol–water partition coefficient (Wildman–Crippen LogP) is 1.73. The first-order chi connectivity index (χ1) is 9.62. The van der Waals surface area contributed by atoms with Gasteiger partial charge in [-0.2, -0.15) is 15.0 Å². The molecule has 106 valence electrons. The molecule has 0 saturated carbocycles. The third-order valence-electron chi connectivity index (χ3n) is 2.57. The SMILES string of the molecule is CNc1nc(Nc2cccc(OC)c2)nc(N(C)C)n1. The van der Waals surface area contributed by atoms with Gasteiger partial charge in [0.25, 0.3) is 0 Å². The molecule has 1 heterocycles. The summed E-state index contributed by atoms with van der Waals surface area (Å²) < 4.78 is 5.19. The van der Waals surface area contributed by atoms with E-state index < -0.39 is 0 Å². The first-order valence-corrected chi connectivity index (χ1v) is 6.14. The smallest absolute Gasteiger partial charge is 0.233 e. The van der Waals surface area contributed by atoms with Crippen LogP contribution < -0.4 is 20.3 Å². The summed E-state index contributed by atoms with van der Waals surface area (Å²) in [4.78, 5) is 14.7. The van der Waals surface area contributed by atoms with E-state index in [9.17, 15) is 0 Å². The van der Waals surface area contributed by atoms with Gasteiger partial charge in [-0.25, -0.2) is 0 Å². The minimum atomic E-state index is 0.473. The van der Waals surface area contributed by atoms with Gasteiger partial charge in [0.15, 0.2) is 0 Å². The topological polar surface area (TPSA) is 75.2 Å². The van der Waals surface area contributed by atoms with Crippen molar-refractivity contribution in [3.05, 3.63) is 24.3 Å². The number of nitrogens with zero attached hydrogens (tertiary/aromatic N) is 4. The molecular weight excluding hydrogens is 256 g/mol. The van der Waals surface area contributed by atoms with E-state index in [1.807, 2.05) is 43.3 Å². The van der Waals surface area contributed by atoms with E-state index >= 15 is 0 Å². The number of aromatic nitrogens is 3. The molecule has 0 aliphatic rings. The molecule has 0 aliphatic heterocycles. The highest BCUT2D eigenvalue weighted by Crippen LogP contribution is 2.20. The van der Waals surface area contributed by atoms with Crippen molar-refractivity contribution in [3.8, 4) is 5.75 Å². The molecule has 2 rings (SSSR count). The number of methoxy groups -OCH3 is 1. The lowest BCUT2D eigenvalue weighted by molar-refractivity contribution is 0.415. The van der Waals surface area contributed by atoms with Gasteiger partial charge in [0, 0.05) is 32.9 Å². The van der Waals surface area contributed by atoms with Gasteiger partial charge >= 0.3 is 0 Å². The Bertz CT molecular complexity index is 587. The largest absolute Gasteiger partial charge is 0.497 e. The van der Waals surface area contributed by atoms with Gasteiger partial charge in [-0.15, -0.1) is 0 Å². The summed E-state index contributed by atoms with van der Waals surface area (Å²) in [6.45, 7) is 0. The van der Waals surface area contributed by atoms with Crippen LogP contribution in [0.2, 0.25) is 0 Å². The normalized spacial score (nSPS) is 10.0. The average Bonchev–Trinajstić information content (AvgIpc) is 2.47. The summed E-state index contributed by atoms with van der Waals surface area (Å²) in [5.41, 5.74) is 0.849. The number of anilines is 4. The molecule has 0 fully saturated rings. The molecule has 0 saturated heterocycles. The van der Waals surface area contributed by atoms with Crippen LogP contribution in [0, 0.1) is 0 Å². The van der Waals surface area contributed by atoms with Crippen LogP contribution in [0.1, 0.15) is 0 Å². The highest BCUT2D eigenvalue weighted by molar-refractivity contribution is 5.57. The second-order valence-corrected chi connectivity index (χ2v) is 4.28. The van der Waals surface area contributed by atoms with Crippen LogP contribution >= 0.6 is 0 Å². The Labute approximate surface area is 118 Å². The second kappa shape index (κ2) is 6.05. The molecule has 2 aromatic rings. The van der Waals surface area contributed by atoms with Crippen molar-refractivity contribution < 1.29 is 4.74 Å². The zero-order valence-electron chi connectivity index (χ0n) is 12.0. The van der Waals surface area contributed by atoms with Crippen LogP contribution in [0.5, 0.6) is 5.75 Å². The first kappa shape index (κ1) is 13.9. The van der Waals surface area contributed by atoms with Gasteiger partial charge in [0.1, 0.15) is 5.75 Å². The molecule has 1 aromatic heterocycles. The van der Waals surface area contributed by atoms with Crippen molar-refractivity contribution in [2.75, 3.05) is 43.8 Å². The quantitative estimate of drug-likeness (QED) is 0.860. The maximum atomic E-state index is 5.19. The summed E-state index contributed by atoms with van der Waals surface area (Å²) in [7, 11) is 7.16. The molecule has 0 atom stereocenters. The number of hydrogen-bond acceptors (Lipinski definition) is 7. The third-order valence-corrected chi connectivity index (χ3v) is 2.57. The number of nitrogens with one attached hydrogen (secondary N) is 2. The summed E-state index contributed by atoms with van der Waals surface area (Å²) in [6, 6.07) is 7.57. The van der Waals surface area contributed by atoms with Crippen LogP contribution in [-0.2, 0) is 0 Å². The highest BCUT2D eigenvalue weighted by Gasteiger charge is 2.07. The Morgan fingerprint density at radius 3 is 2.50 bits per heavy atom. The average molecular weight is 274 g/mol. The van der Waals surface area contributed by atoms with E-state index in [0.29, 0.717) is 17.8 Å². The Morgan fingerprint density at radius 1 is 1.10 bits per heavy atom. The van der Waals surface area contributed by atoms with E-state index in [2.05, 4.69) is 25.6 Å². The monoisotopic (exact) mass is 274 g/mol. The lowest BCUT2D eigenvalue weighted by Crippen LogP contribution is -2.15. The fourth-order valence-electron chi connectivity index (χ4n) is 1.56. The van der Waals surface area contributed by atoms with Crippen LogP contribution in [-0.4, -0.2) is 43.2 Å². The minimum Gasteiger partial charge on any atom is -0.497 e. The standard InChI is InChI=1S/C13H18N6O/c1-14-11-16-12(18-13(17-11)19(2)3)15-9-6-5-7-10(8-9)20-4/h5-8H,1-4H3,(H2,14,15,16,17,18). The summed E-state index contributed by atoms with van der Waals surface area (Å²) in [5.74, 6) is 2.33. The Balaban J connectivity index is 2.29. The Morgan fingerprint density at radius 2 is 1.85 bits per heavy atom. The van der Waals surface area contributed by atoms with Gasteiger partial charge < -0.3 is 20.3 Å². The zero-order chi connectivity index (χ0) is 14.5. The molecule has 7 nitrogen and oxygen atoms in total. The van der Waals surface area contributed by atoms with Crippen molar-refractivity contribution >= 4 is 23.5 Å². The molecule has 20 heavy (non-hydrogen) atoms. The summed E-state index contributed by atoms with van der Waals surface area (Å²) in [5, 5.41) is 6.06. The fourth-order valence-corrected chi connectivity index (χ4v) is 1.56. The van der Waals surface area contributed by atoms with E-state index in [1.54, 1.807) is 14.2 Å². The zero-order valence-corrected chi connectivity index (χ0v) is 12.0. The molecule has 0 radical (unpaired) electrons. The third kappa shape index (κ3) is 3.25. The maximum Gasteiger partial charge on any atom is 0.233 e. The van der Waals surface area contributed by atoms with Crippen LogP contribution in [0.3, 0.4) is 0 Å². The summed E-state index contributed by atoms with van der Waals surface area (Å²) >= 11 is 0. The van der Waals surface area contributed by atoms with Crippen LogP contribution in [0.25, 0.3) is 0 Å². The lowest BCUT2D eigenvalue weighted by atomic mass is 10.3. The molecule has 0 unspecified atom stereocenters. The van der Waals surface area contributed by atoms with E-state index in [0.717, 1.165) is 11.4 Å². The minimum absolute atomic E-state index is 0.473. The van der Waals surface area contributed by atoms with E-state index in [4.69, 9.17) is 4.74 Å². The van der Waals surface area contributed by atoms with Gasteiger partial charge in [0.2, 0.25) is 17.8 Å². The number of ether oxygens (including phenoxy) is 1. The molecular formula is C13H18N6O. The lowest BCUT2D eigenvalue weighted by Gasteiger charge is -2.13. The van der Waals surface area contributed by atoms with Gasteiger partial charge in [-0.3, -0.25) is 0 Å². The number of hydrogen-bond donors (Lipinski definition) is 2. The second-order valence-electron chi connectivity index (χ2n) is 4.28. The predicted molar refractivity (Wildman–Crippen MR) is 80.0 cm³/mol. The van der Waals surface area contributed by atoms with Crippen molar-refractivity contribution in [3.63, 3.8) is 0 Å². The maximum absolute atomic E-state index is 5.19. The van der Waals surface area contributed by atoms with E-state index in [1.165, 1.54) is 0 Å². The Hall–Kier alpha value is -2.57. The van der Waals surface area contributed by atoms with Crippen molar-refractivity contribution in [2.24, 2.45) is 0 Å². The van der Waals surface area contributed by atoms with E-state index in [-0.39, 0.29) is 0 Å². The van der Waals surface area contributed by atoms with Crippen LogP contribution in [0.4, 0.5) is 23.5 Å². The molecule has 2 N–H and O–H groups in total. The number of rotatable bonds is 5. The van der Waals surface area contributed by atoms with Crippen molar-refractivity contribution in [1.82, 2.24) is 15.0 Å². The van der Waals surface area contributed by atoms with Gasteiger partial charge in [-0.05, 0) is 12.1 Å². The van der Waals surface area contributed by atoms with Crippen molar-refractivity contribution in [1.29, 1.82) is 0 Å². The van der Waals surface area contributed by atoms with Crippen molar-refractivity contribution in [2.45, 2.75) is 0 Å². The molecule has 7 heteroatoms.